The first-order valence-corrected chi connectivity index (χ1v) is 11.3. The van der Waals surface area contributed by atoms with Gasteiger partial charge in [0.2, 0.25) is 5.91 Å². The average Bonchev–Trinajstić information content (AvgIpc) is 3.27. The summed E-state index contributed by atoms with van der Waals surface area (Å²) in [5.41, 5.74) is 3.58. The normalized spacial score (nSPS) is 10.6. The number of ether oxygens (including phenoxy) is 2. The average molecular weight is 461 g/mol. The molecule has 0 saturated carbocycles. The number of methoxy groups -OCH3 is 2. The van der Waals surface area contributed by atoms with Gasteiger partial charge in [-0.2, -0.15) is 0 Å². The van der Waals surface area contributed by atoms with Gasteiger partial charge in [0.1, 0.15) is 0 Å². The first kappa shape index (κ1) is 22.4. The van der Waals surface area contributed by atoms with E-state index in [1.54, 1.807) is 14.2 Å². The van der Waals surface area contributed by atoms with Gasteiger partial charge in [-0.05, 0) is 55.0 Å². The van der Waals surface area contributed by atoms with E-state index in [9.17, 15) is 4.79 Å². The van der Waals surface area contributed by atoms with Crippen LogP contribution < -0.4 is 14.8 Å². The second-order valence-corrected chi connectivity index (χ2v) is 8.20. The van der Waals surface area contributed by atoms with Gasteiger partial charge in [0.05, 0.1) is 20.0 Å². The van der Waals surface area contributed by atoms with Gasteiger partial charge in [0.25, 0.3) is 0 Å². The number of hydrogen-bond donors (Lipinski definition) is 1. The maximum Gasteiger partial charge on any atom is 0.234 e. The van der Waals surface area contributed by atoms with E-state index >= 15 is 0 Å². The number of para-hydroxylation sites is 1. The molecule has 0 unspecified atom stereocenters. The van der Waals surface area contributed by atoms with Crippen molar-refractivity contribution in [2.24, 2.45) is 0 Å². The molecule has 0 fully saturated rings. The minimum atomic E-state index is -0.110. The minimum absolute atomic E-state index is 0.110. The van der Waals surface area contributed by atoms with Crippen molar-refractivity contribution < 1.29 is 14.3 Å². The van der Waals surface area contributed by atoms with Gasteiger partial charge in [-0.25, -0.2) is 0 Å². The Morgan fingerprint density at radius 1 is 0.939 bits per heavy atom. The Hall–Kier alpha value is -3.78. The first-order chi connectivity index (χ1) is 16.1. The van der Waals surface area contributed by atoms with E-state index < -0.39 is 0 Å². The fraction of sp³-hybridized carbons (Fsp3) is 0.160. The second kappa shape index (κ2) is 10.2. The van der Waals surface area contributed by atoms with Crippen molar-refractivity contribution in [3.05, 3.63) is 78.4 Å². The molecule has 0 spiro atoms. The summed E-state index contributed by atoms with van der Waals surface area (Å²) in [5.74, 6) is 1.97. The molecule has 1 N–H and O–H groups in total. The number of carbonyl (C=O) groups excluding carboxylic acids is 1. The van der Waals surface area contributed by atoms with Crippen molar-refractivity contribution in [2.45, 2.75) is 12.1 Å². The van der Waals surface area contributed by atoms with Gasteiger partial charge in [-0.15, -0.1) is 10.2 Å². The second-order valence-electron chi connectivity index (χ2n) is 7.25. The molecule has 0 aliphatic carbocycles. The Morgan fingerprint density at radius 2 is 1.73 bits per heavy atom. The number of nitrogens with zero attached hydrogens (tertiary/aromatic N) is 3. The Bertz CT molecular complexity index is 1260. The molecule has 168 valence electrons. The standard InChI is InChI=1S/C25H24N4O3S/c1-17-8-7-9-19(14-17)26-23(30)16-33-25-28-27-24(29(25)20-10-5-4-6-11-20)18-12-13-21(31-2)22(15-18)32-3/h4-15H,16H2,1-3H3,(H,26,30). The van der Waals surface area contributed by atoms with Crippen LogP contribution in [0.25, 0.3) is 17.1 Å². The molecular formula is C25H24N4O3S. The van der Waals surface area contributed by atoms with Crippen LogP contribution in [0.3, 0.4) is 0 Å². The van der Waals surface area contributed by atoms with Gasteiger partial charge >= 0.3 is 0 Å². The summed E-state index contributed by atoms with van der Waals surface area (Å²) >= 11 is 1.33. The third-order valence-electron chi connectivity index (χ3n) is 4.92. The zero-order chi connectivity index (χ0) is 23.2. The number of rotatable bonds is 8. The van der Waals surface area contributed by atoms with E-state index in [1.165, 1.54) is 11.8 Å². The molecule has 0 radical (unpaired) electrons. The van der Waals surface area contributed by atoms with Crippen molar-refractivity contribution in [2.75, 3.05) is 25.3 Å². The van der Waals surface area contributed by atoms with E-state index in [0.717, 1.165) is 22.5 Å². The highest BCUT2D eigenvalue weighted by Crippen LogP contribution is 2.34. The molecule has 4 aromatic rings. The maximum atomic E-state index is 12.6. The molecule has 7 nitrogen and oxygen atoms in total. The smallest absolute Gasteiger partial charge is 0.234 e. The number of anilines is 1. The number of aromatic nitrogens is 3. The molecular weight excluding hydrogens is 436 g/mol. The summed E-state index contributed by atoms with van der Waals surface area (Å²) in [6.45, 7) is 1.99. The molecule has 0 atom stereocenters. The SMILES string of the molecule is COc1ccc(-c2nnc(SCC(=O)Nc3cccc(C)c3)n2-c2ccccc2)cc1OC. The molecule has 3 aromatic carbocycles. The third kappa shape index (κ3) is 5.18. The lowest BCUT2D eigenvalue weighted by Crippen LogP contribution is -2.14. The van der Waals surface area contributed by atoms with Crippen LogP contribution in [0.2, 0.25) is 0 Å². The molecule has 33 heavy (non-hydrogen) atoms. The molecule has 4 rings (SSSR count). The van der Waals surface area contributed by atoms with E-state index in [2.05, 4.69) is 15.5 Å². The predicted molar refractivity (Wildman–Crippen MR) is 130 cm³/mol. The number of carbonyl (C=O) groups is 1. The van der Waals surface area contributed by atoms with Crippen LogP contribution in [0, 0.1) is 6.92 Å². The van der Waals surface area contributed by atoms with E-state index in [1.807, 2.05) is 84.3 Å². The zero-order valence-electron chi connectivity index (χ0n) is 18.6. The quantitative estimate of drug-likeness (QED) is 0.373. The Balaban J connectivity index is 1.63. The summed E-state index contributed by atoms with van der Waals surface area (Å²) < 4.78 is 12.7. The number of nitrogens with one attached hydrogen (secondary N) is 1. The van der Waals surface area contributed by atoms with E-state index in [4.69, 9.17) is 9.47 Å². The van der Waals surface area contributed by atoms with Gasteiger partial charge < -0.3 is 14.8 Å². The van der Waals surface area contributed by atoms with Gasteiger partial charge in [0, 0.05) is 16.9 Å². The monoisotopic (exact) mass is 460 g/mol. The fourth-order valence-electron chi connectivity index (χ4n) is 3.39. The van der Waals surface area contributed by atoms with Crippen molar-refractivity contribution >= 4 is 23.4 Å². The van der Waals surface area contributed by atoms with Crippen LogP contribution >= 0.6 is 11.8 Å². The summed E-state index contributed by atoms with van der Waals surface area (Å²) in [6.07, 6.45) is 0. The summed E-state index contributed by atoms with van der Waals surface area (Å²) in [6, 6.07) is 23.1. The molecule has 0 bridgehead atoms. The highest BCUT2D eigenvalue weighted by molar-refractivity contribution is 7.99. The van der Waals surface area contributed by atoms with Crippen molar-refractivity contribution in [1.82, 2.24) is 14.8 Å². The lowest BCUT2D eigenvalue weighted by atomic mass is 10.2. The van der Waals surface area contributed by atoms with Crippen molar-refractivity contribution in [1.29, 1.82) is 0 Å². The van der Waals surface area contributed by atoms with Crippen LogP contribution in [-0.2, 0) is 4.79 Å². The minimum Gasteiger partial charge on any atom is -0.493 e. The number of thioether (sulfide) groups is 1. The Morgan fingerprint density at radius 3 is 2.45 bits per heavy atom. The van der Waals surface area contributed by atoms with Crippen molar-refractivity contribution in [3.63, 3.8) is 0 Å². The van der Waals surface area contributed by atoms with Crippen LogP contribution in [0.4, 0.5) is 5.69 Å². The highest BCUT2D eigenvalue weighted by atomic mass is 32.2. The zero-order valence-corrected chi connectivity index (χ0v) is 19.4. The topological polar surface area (TPSA) is 78.3 Å². The van der Waals surface area contributed by atoms with E-state index in [0.29, 0.717) is 22.5 Å². The number of hydrogen-bond acceptors (Lipinski definition) is 6. The fourth-order valence-corrected chi connectivity index (χ4v) is 4.14. The van der Waals surface area contributed by atoms with Gasteiger partial charge in [-0.1, -0.05) is 42.1 Å². The van der Waals surface area contributed by atoms with Crippen molar-refractivity contribution in [3.8, 4) is 28.6 Å². The van der Waals surface area contributed by atoms with Gasteiger partial charge in [-0.3, -0.25) is 9.36 Å². The molecule has 1 amide bonds. The summed E-state index contributed by atoms with van der Waals surface area (Å²) in [7, 11) is 3.19. The highest BCUT2D eigenvalue weighted by Gasteiger charge is 2.19. The molecule has 0 aliphatic heterocycles. The lowest BCUT2D eigenvalue weighted by molar-refractivity contribution is -0.113. The third-order valence-corrected chi connectivity index (χ3v) is 5.85. The molecule has 1 heterocycles. The van der Waals surface area contributed by atoms with Gasteiger partial charge in [0.15, 0.2) is 22.5 Å². The number of amides is 1. The van der Waals surface area contributed by atoms with Crippen LogP contribution in [0.15, 0.2) is 78.0 Å². The number of aryl methyl sites for hydroxylation is 1. The predicted octanol–water partition coefficient (Wildman–Crippen LogP) is 4.99. The number of benzene rings is 3. The molecule has 8 heteroatoms. The molecule has 0 aliphatic rings. The van der Waals surface area contributed by atoms with E-state index in [-0.39, 0.29) is 11.7 Å². The maximum absolute atomic E-state index is 12.6. The first-order valence-electron chi connectivity index (χ1n) is 10.3. The van der Waals surface area contributed by atoms with Crippen LogP contribution in [-0.4, -0.2) is 40.6 Å². The lowest BCUT2D eigenvalue weighted by Gasteiger charge is -2.12. The molecule has 0 saturated heterocycles. The molecule has 1 aromatic heterocycles. The Kier molecular flexibility index (Phi) is 6.95. The summed E-state index contributed by atoms with van der Waals surface area (Å²) in [4.78, 5) is 12.6. The Labute approximate surface area is 196 Å². The summed E-state index contributed by atoms with van der Waals surface area (Å²) in [5, 5.41) is 12.4. The van der Waals surface area contributed by atoms with Crippen LogP contribution in [0.1, 0.15) is 5.56 Å². The van der Waals surface area contributed by atoms with Crippen LogP contribution in [0.5, 0.6) is 11.5 Å². The largest absolute Gasteiger partial charge is 0.493 e.